The Morgan fingerprint density at radius 2 is 1.71 bits per heavy atom. The molecule has 0 fully saturated rings. The number of aryl methyl sites for hydroxylation is 2. The van der Waals surface area contributed by atoms with Gasteiger partial charge in [-0.15, -0.1) is 0 Å². The molecule has 0 saturated heterocycles. The minimum atomic E-state index is 0.195. The van der Waals surface area contributed by atoms with Crippen molar-refractivity contribution < 1.29 is 5.11 Å². The molecule has 3 aromatic rings. The Balaban J connectivity index is 2.19. The number of aromatic nitrogens is 2. The van der Waals surface area contributed by atoms with Crippen LogP contribution < -0.4 is 0 Å². The van der Waals surface area contributed by atoms with Crippen LogP contribution in [-0.4, -0.2) is 14.9 Å². The average molecular weight is 278 g/mol. The normalized spacial score (nSPS) is 10.8. The van der Waals surface area contributed by atoms with Crippen molar-refractivity contribution in [3.05, 3.63) is 65.2 Å². The Hall–Kier alpha value is -2.55. The number of nitrogens with zero attached hydrogens (tertiary/aromatic N) is 2. The molecular formula is C18H18N2O. The zero-order valence-electron chi connectivity index (χ0n) is 12.5. The average Bonchev–Trinajstić information content (AvgIpc) is 2.76. The lowest BCUT2D eigenvalue weighted by atomic mass is 10.1. The van der Waals surface area contributed by atoms with Crippen LogP contribution in [0, 0.1) is 20.8 Å². The molecule has 0 unspecified atom stereocenters. The van der Waals surface area contributed by atoms with E-state index >= 15 is 0 Å². The molecule has 0 aliphatic heterocycles. The fourth-order valence-corrected chi connectivity index (χ4v) is 2.52. The molecule has 3 nitrogen and oxygen atoms in total. The summed E-state index contributed by atoms with van der Waals surface area (Å²) in [5.41, 5.74) is 5.79. The van der Waals surface area contributed by atoms with Gasteiger partial charge in [0.1, 0.15) is 0 Å². The van der Waals surface area contributed by atoms with Gasteiger partial charge in [0.2, 0.25) is 5.88 Å². The van der Waals surface area contributed by atoms with Gasteiger partial charge < -0.3 is 5.11 Å². The molecule has 1 heterocycles. The Morgan fingerprint density at radius 3 is 2.43 bits per heavy atom. The molecular weight excluding hydrogens is 260 g/mol. The highest BCUT2D eigenvalue weighted by molar-refractivity contribution is 5.66. The third-order valence-electron chi connectivity index (χ3n) is 3.73. The van der Waals surface area contributed by atoms with Gasteiger partial charge in [-0.25, -0.2) is 4.68 Å². The fraction of sp³-hybridized carbons (Fsp3) is 0.167. The summed E-state index contributed by atoms with van der Waals surface area (Å²) >= 11 is 0. The predicted octanol–water partition coefficient (Wildman–Crippen LogP) is 4.17. The molecule has 0 aliphatic carbocycles. The van der Waals surface area contributed by atoms with Gasteiger partial charge in [0, 0.05) is 11.1 Å². The first kappa shape index (κ1) is 13.4. The number of hydrogen-bond donors (Lipinski definition) is 1. The molecule has 1 N–H and O–H groups in total. The molecule has 21 heavy (non-hydrogen) atoms. The quantitative estimate of drug-likeness (QED) is 0.764. The van der Waals surface area contributed by atoms with E-state index in [1.807, 2.05) is 50.2 Å². The molecule has 0 radical (unpaired) electrons. The van der Waals surface area contributed by atoms with E-state index in [9.17, 15) is 5.11 Å². The van der Waals surface area contributed by atoms with Crippen molar-refractivity contribution in [3.8, 4) is 22.8 Å². The van der Waals surface area contributed by atoms with Gasteiger partial charge in [-0.05, 0) is 38.5 Å². The summed E-state index contributed by atoms with van der Waals surface area (Å²) in [7, 11) is 0. The second-order valence-electron chi connectivity index (χ2n) is 5.36. The molecule has 0 saturated carbocycles. The fourth-order valence-electron chi connectivity index (χ4n) is 2.52. The minimum Gasteiger partial charge on any atom is -0.493 e. The maximum absolute atomic E-state index is 10.4. The number of benzene rings is 2. The van der Waals surface area contributed by atoms with Crippen LogP contribution in [0.2, 0.25) is 0 Å². The third kappa shape index (κ3) is 2.31. The molecule has 3 heteroatoms. The Kier molecular flexibility index (Phi) is 3.26. The molecule has 0 spiro atoms. The van der Waals surface area contributed by atoms with Gasteiger partial charge >= 0.3 is 0 Å². The van der Waals surface area contributed by atoms with Crippen LogP contribution >= 0.6 is 0 Å². The van der Waals surface area contributed by atoms with Crippen molar-refractivity contribution in [2.45, 2.75) is 20.8 Å². The molecule has 106 valence electrons. The van der Waals surface area contributed by atoms with Crippen LogP contribution in [0.25, 0.3) is 16.9 Å². The third-order valence-corrected chi connectivity index (χ3v) is 3.73. The lowest BCUT2D eigenvalue weighted by molar-refractivity contribution is 0.430. The van der Waals surface area contributed by atoms with Gasteiger partial charge in [0.15, 0.2) is 0 Å². The van der Waals surface area contributed by atoms with Crippen LogP contribution in [-0.2, 0) is 0 Å². The Morgan fingerprint density at radius 1 is 0.952 bits per heavy atom. The second-order valence-corrected chi connectivity index (χ2v) is 5.36. The first-order valence-electron chi connectivity index (χ1n) is 6.99. The summed E-state index contributed by atoms with van der Waals surface area (Å²) in [6, 6.07) is 16.1. The van der Waals surface area contributed by atoms with Gasteiger partial charge in [0.05, 0.1) is 11.4 Å². The van der Waals surface area contributed by atoms with E-state index in [-0.39, 0.29) is 5.88 Å². The summed E-state index contributed by atoms with van der Waals surface area (Å²) < 4.78 is 1.61. The van der Waals surface area contributed by atoms with E-state index in [1.54, 1.807) is 4.68 Å². The van der Waals surface area contributed by atoms with Gasteiger partial charge in [-0.2, -0.15) is 5.10 Å². The van der Waals surface area contributed by atoms with E-state index in [1.165, 1.54) is 5.56 Å². The molecule has 1 aromatic heterocycles. The first-order valence-corrected chi connectivity index (χ1v) is 6.99. The molecule has 2 aromatic carbocycles. The van der Waals surface area contributed by atoms with Crippen LogP contribution in [0.1, 0.15) is 16.7 Å². The summed E-state index contributed by atoms with van der Waals surface area (Å²) in [6.07, 6.45) is 0. The number of rotatable bonds is 2. The van der Waals surface area contributed by atoms with Crippen LogP contribution in [0.5, 0.6) is 5.88 Å². The molecule has 3 rings (SSSR count). The highest BCUT2D eigenvalue weighted by Crippen LogP contribution is 2.32. The van der Waals surface area contributed by atoms with Gasteiger partial charge in [-0.3, -0.25) is 0 Å². The van der Waals surface area contributed by atoms with E-state index in [0.29, 0.717) is 0 Å². The van der Waals surface area contributed by atoms with Crippen molar-refractivity contribution in [1.82, 2.24) is 9.78 Å². The number of para-hydroxylation sites is 1. The van der Waals surface area contributed by atoms with E-state index in [2.05, 4.69) is 24.2 Å². The monoisotopic (exact) mass is 278 g/mol. The van der Waals surface area contributed by atoms with E-state index in [4.69, 9.17) is 0 Å². The molecule has 0 bridgehead atoms. The van der Waals surface area contributed by atoms with Gasteiger partial charge in [-0.1, -0.05) is 42.0 Å². The van der Waals surface area contributed by atoms with Crippen molar-refractivity contribution >= 4 is 0 Å². The van der Waals surface area contributed by atoms with E-state index < -0.39 is 0 Å². The maximum atomic E-state index is 10.4. The van der Waals surface area contributed by atoms with Crippen molar-refractivity contribution in [3.63, 3.8) is 0 Å². The SMILES string of the molecule is Cc1cccc(-c2nn(-c3ccccc3C)c(O)c2C)c1. The predicted molar refractivity (Wildman–Crippen MR) is 84.9 cm³/mol. The highest BCUT2D eigenvalue weighted by Gasteiger charge is 2.17. The molecule has 0 amide bonds. The standard InChI is InChI=1S/C18H18N2O/c1-12-7-6-9-15(11-12)17-14(3)18(21)20(19-17)16-10-5-4-8-13(16)2/h4-11,21H,1-3H3. The van der Waals surface area contributed by atoms with Crippen molar-refractivity contribution in [2.75, 3.05) is 0 Å². The minimum absolute atomic E-state index is 0.195. The summed E-state index contributed by atoms with van der Waals surface area (Å²) in [6.45, 7) is 5.96. The zero-order valence-corrected chi connectivity index (χ0v) is 12.5. The highest BCUT2D eigenvalue weighted by atomic mass is 16.3. The molecule has 0 atom stereocenters. The van der Waals surface area contributed by atoms with Gasteiger partial charge in [0.25, 0.3) is 0 Å². The summed E-state index contributed by atoms with van der Waals surface area (Å²) in [5, 5.41) is 15.0. The molecule has 0 aliphatic rings. The zero-order chi connectivity index (χ0) is 15.0. The summed E-state index contributed by atoms with van der Waals surface area (Å²) in [5.74, 6) is 0.195. The maximum Gasteiger partial charge on any atom is 0.217 e. The Labute approximate surface area is 124 Å². The van der Waals surface area contributed by atoms with Crippen molar-refractivity contribution in [2.24, 2.45) is 0 Å². The summed E-state index contributed by atoms with van der Waals surface area (Å²) in [4.78, 5) is 0. The van der Waals surface area contributed by atoms with Crippen LogP contribution in [0.3, 0.4) is 0 Å². The van der Waals surface area contributed by atoms with Crippen molar-refractivity contribution in [1.29, 1.82) is 0 Å². The van der Waals surface area contributed by atoms with Crippen LogP contribution in [0.4, 0.5) is 0 Å². The second kappa shape index (κ2) is 5.09. The largest absolute Gasteiger partial charge is 0.493 e. The topological polar surface area (TPSA) is 38.0 Å². The number of aromatic hydroxyl groups is 1. The van der Waals surface area contributed by atoms with E-state index in [0.717, 1.165) is 28.1 Å². The van der Waals surface area contributed by atoms with Crippen LogP contribution in [0.15, 0.2) is 48.5 Å². The Bertz CT molecular complexity index is 803. The lowest BCUT2D eigenvalue weighted by Gasteiger charge is -2.06. The smallest absolute Gasteiger partial charge is 0.217 e. The lowest BCUT2D eigenvalue weighted by Crippen LogP contribution is -1.98. The first-order chi connectivity index (χ1) is 10.1. The number of hydrogen-bond acceptors (Lipinski definition) is 2.